The Hall–Kier alpha value is -2.63. The molecular formula is C17H25FN4O6S. The molecule has 1 aromatic rings. The smallest absolute Gasteiger partial charge is 0.410 e. The highest BCUT2D eigenvalue weighted by Gasteiger charge is 2.37. The number of hydrogen-bond donors (Lipinski definition) is 3. The van der Waals surface area contributed by atoms with Crippen molar-refractivity contribution in [3.05, 3.63) is 28.3 Å². The lowest BCUT2D eigenvalue weighted by Gasteiger charge is -2.37. The first-order valence-electron chi connectivity index (χ1n) is 8.99. The van der Waals surface area contributed by atoms with Gasteiger partial charge in [-0.2, -0.15) is 0 Å². The van der Waals surface area contributed by atoms with Crippen LogP contribution in [0.4, 0.5) is 26.2 Å². The number of nitrogens with zero attached hydrogens (tertiary/aromatic N) is 2. The van der Waals surface area contributed by atoms with Gasteiger partial charge in [0.15, 0.2) is 0 Å². The topological polar surface area (TPSA) is 131 Å². The molecule has 0 aliphatic carbocycles. The highest BCUT2D eigenvalue weighted by Crippen LogP contribution is 2.32. The zero-order chi connectivity index (χ0) is 21.8. The van der Waals surface area contributed by atoms with E-state index in [1.54, 1.807) is 20.8 Å². The summed E-state index contributed by atoms with van der Waals surface area (Å²) in [6.45, 7) is 5.42. The molecule has 2 N–H and O–H groups in total. The number of likely N-dealkylation sites (tertiary alicyclic amines) is 1. The maximum Gasteiger partial charge on any atom is 0.410 e. The Kier molecular flexibility index (Phi) is 6.88. The largest absolute Gasteiger partial charge is 0.444 e. The van der Waals surface area contributed by atoms with E-state index in [0.29, 0.717) is 0 Å². The molecule has 12 heteroatoms. The number of piperidine rings is 1. The predicted molar refractivity (Wildman–Crippen MR) is 106 cm³/mol. The first kappa shape index (κ1) is 22.7. The molecule has 1 fully saturated rings. The number of nitrogens with one attached hydrogen (secondary N) is 2. The normalized spacial score (nSPS) is 16.4. The standard InChI is InChI=1S/C17H25FN4O6S/c1-16(2,3)28-15(23)21-8-6-17(18,7-9-21)11-19-13-5-4-12(20-29(26)27)10-14(13)22(24)25/h4-5,10,19,29H,6-9,11H2,1-3H3,(H,20,26,27). The van der Waals surface area contributed by atoms with Gasteiger partial charge in [0.2, 0.25) is 10.9 Å². The van der Waals surface area contributed by atoms with Crippen LogP contribution in [-0.2, 0) is 15.6 Å². The first-order chi connectivity index (χ1) is 13.4. The molecule has 0 bridgehead atoms. The van der Waals surface area contributed by atoms with Gasteiger partial charge >= 0.3 is 6.09 Å². The molecular weight excluding hydrogens is 407 g/mol. The summed E-state index contributed by atoms with van der Waals surface area (Å²) < 4.78 is 43.9. The summed E-state index contributed by atoms with van der Waals surface area (Å²) in [6.07, 6.45) is -0.380. The van der Waals surface area contributed by atoms with Gasteiger partial charge in [-0.15, -0.1) is 0 Å². The zero-order valence-corrected chi connectivity index (χ0v) is 17.3. The Balaban J connectivity index is 1.99. The second-order valence-electron chi connectivity index (χ2n) is 7.83. The number of amides is 1. The van der Waals surface area contributed by atoms with E-state index in [4.69, 9.17) is 4.74 Å². The summed E-state index contributed by atoms with van der Waals surface area (Å²) in [5.74, 6) is 0. The van der Waals surface area contributed by atoms with E-state index in [0.717, 1.165) is 6.07 Å². The third kappa shape index (κ3) is 6.73. The molecule has 0 saturated carbocycles. The molecule has 1 heterocycles. The number of carbonyl (C=O) groups is 1. The number of alkyl halides is 1. The van der Waals surface area contributed by atoms with Crippen LogP contribution in [0, 0.1) is 10.1 Å². The number of ether oxygens (including phenoxy) is 1. The van der Waals surface area contributed by atoms with Gasteiger partial charge in [-0.25, -0.2) is 17.6 Å². The quantitative estimate of drug-likeness (QED) is 0.358. The fraction of sp³-hybridized carbons (Fsp3) is 0.588. The second kappa shape index (κ2) is 8.80. The summed E-state index contributed by atoms with van der Waals surface area (Å²) in [7, 11) is -2.96. The molecule has 1 amide bonds. The number of benzene rings is 1. The summed E-state index contributed by atoms with van der Waals surface area (Å²) in [5, 5.41) is 14.0. The van der Waals surface area contributed by atoms with Crippen LogP contribution in [-0.4, -0.2) is 55.2 Å². The van der Waals surface area contributed by atoms with Crippen molar-refractivity contribution < 1.29 is 27.3 Å². The van der Waals surface area contributed by atoms with Crippen LogP contribution >= 0.6 is 0 Å². The van der Waals surface area contributed by atoms with Crippen LogP contribution < -0.4 is 10.0 Å². The number of hydrogen-bond acceptors (Lipinski definition) is 7. The highest BCUT2D eigenvalue weighted by molar-refractivity contribution is 7.73. The van der Waals surface area contributed by atoms with Crippen molar-refractivity contribution in [3.63, 3.8) is 0 Å². The van der Waals surface area contributed by atoms with Crippen molar-refractivity contribution >= 4 is 34.0 Å². The van der Waals surface area contributed by atoms with Crippen LogP contribution in [0.1, 0.15) is 33.6 Å². The minimum Gasteiger partial charge on any atom is -0.444 e. The lowest BCUT2D eigenvalue weighted by Crippen LogP contribution is -2.48. The first-order valence-corrected chi connectivity index (χ1v) is 10.2. The zero-order valence-electron chi connectivity index (χ0n) is 16.4. The SMILES string of the molecule is CC(C)(C)OC(=O)N1CCC(F)(CNc2ccc(N[SH](=O)=O)cc2[N+](=O)[O-])CC1. The minimum absolute atomic E-state index is 0.0407. The maximum absolute atomic E-state index is 15.1. The van der Waals surface area contributed by atoms with Crippen LogP contribution in [0.5, 0.6) is 0 Å². The lowest BCUT2D eigenvalue weighted by atomic mass is 9.93. The Bertz CT molecular complexity index is 839. The van der Waals surface area contributed by atoms with Gasteiger partial charge in [-0.3, -0.25) is 14.8 Å². The molecule has 0 aromatic heterocycles. The van der Waals surface area contributed by atoms with Gasteiger partial charge in [0.05, 0.1) is 10.6 Å². The maximum atomic E-state index is 15.1. The number of halogens is 1. The predicted octanol–water partition coefficient (Wildman–Crippen LogP) is 2.68. The van der Waals surface area contributed by atoms with E-state index >= 15 is 4.39 Å². The van der Waals surface area contributed by atoms with Crippen molar-refractivity contribution in [2.75, 3.05) is 29.7 Å². The lowest BCUT2D eigenvalue weighted by molar-refractivity contribution is -0.383. The van der Waals surface area contributed by atoms with E-state index in [-0.39, 0.29) is 49.5 Å². The van der Waals surface area contributed by atoms with E-state index in [9.17, 15) is 23.3 Å². The Morgan fingerprint density at radius 2 is 1.97 bits per heavy atom. The molecule has 1 aromatic carbocycles. The molecule has 1 aliphatic heterocycles. The van der Waals surface area contributed by atoms with E-state index in [1.165, 1.54) is 17.0 Å². The van der Waals surface area contributed by atoms with Crippen molar-refractivity contribution in [2.24, 2.45) is 0 Å². The van der Waals surface area contributed by atoms with Crippen molar-refractivity contribution in [3.8, 4) is 0 Å². The molecule has 0 spiro atoms. The summed E-state index contributed by atoms with van der Waals surface area (Å²) in [6, 6.07) is 3.72. The molecule has 162 valence electrons. The van der Waals surface area contributed by atoms with Crippen LogP contribution in [0.25, 0.3) is 0 Å². The molecule has 1 saturated heterocycles. The summed E-state index contributed by atoms with van der Waals surface area (Å²) in [4.78, 5) is 24.1. The monoisotopic (exact) mass is 432 g/mol. The third-order valence-electron chi connectivity index (χ3n) is 4.32. The van der Waals surface area contributed by atoms with Crippen molar-refractivity contribution in [2.45, 2.75) is 44.9 Å². The number of carbonyl (C=O) groups excluding carboxylic acids is 1. The number of nitro benzene ring substituents is 1. The minimum atomic E-state index is -2.96. The Labute approximate surface area is 169 Å². The Morgan fingerprint density at radius 1 is 1.34 bits per heavy atom. The van der Waals surface area contributed by atoms with Gasteiger partial charge in [0.25, 0.3) is 5.69 Å². The molecule has 0 radical (unpaired) electrons. The average Bonchev–Trinajstić information content (AvgIpc) is 2.59. The van der Waals surface area contributed by atoms with Gasteiger partial charge in [-0.05, 0) is 32.9 Å². The van der Waals surface area contributed by atoms with Crippen LogP contribution in [0.3, 0.4) is 0 Å². The van der Waals surface area contributed by atoms with Gasteiger partial charge in [0, 0.05) is 38.5 Å². The van der Waals surface area contributed by atoms with E-state index in [2.05, 4.69) is 10.0 Å². The van der Waals surface area contributed by atoms with Crippen LogP contribution in [0.2, 0.25) is 0 Å². The van der Waals surface area contributed by atoms with Crippen molar-refractivity contribution in [1.82, 2.24) is 4.90 Å². The molecule has 0 unspecified atom stereocenters. The fourth-order valence-electron chi connectivity index (χ4n) is 2.85. The Morgan fingerprint density at radius 3 is 2.48 bits per heavy atom. The van der Waals surface area contributed by atoms with Crippen molar-refractivity contribution in [1.29, 1.82) is 0 Å². The van der Waals surface area contributed by atoms with Gasteiger partial charge in [0.1, 0.15) is 17.0 Å². The van der Waals surface area contributed by atoms with Crippen LogP contribution in [0.15, 0.2) is 18.2 Å². The number of thiol groups is 1. The number of rotatable bonds is 6. The molecule has 2 rings (SSSR count). The molecule has 10 nitrogen and oxygen atoms in total. The average molecular weight is 432 g/mol. The third-order valence-corrected chi connectivity index (χ3v) is 4.76. The van der Waals surface area contributed by atoms with E-state index < -0.39 is 33.2 Å². The summed E-state index contributed by atoms with van der Waals surface area (Å²) in [5.41, 5.74) is -2.54. The van der Waals surface area contributed by atoms with Gasteiger partial charge < -0.3 is 15.0 Å². The number of anilines is 2. The fourth-order valence-corrected chi connectivity index (χ4v) is 3.20. The second-order valence-corrected chi connectivity index (χ2v) is 8.57. The summed E-state index contributed by atoms with van der Waals surface area (Å²) >= 11 is 0. The molecule has 0 atom stereocenters. The van der Waals surface area contributed by atoms with E-state index in [1.807, 2.05) is 0 Å². The number of nitro groups is 1. The molecule has 29 heavy (non-hydrogen) atoms. The molecule has 1 aliphatic rings. The van der Waals surface area contributed by atoms with Gasteiger partial charge in [-0.1, -0.05) is 0 Å². The highest BCUT2D eigenvalue weighted by atomic mass is 32.2.